The maximum Gasteiger partial charge on any atom is 2.00 e. The Morgan fingerprint density at radius 2 is 0.755 bits per heavy atom. The predicted molar refractivity (Wildman–Crippen MR) is 230 cm³/mol. The van der Waals surface area contributed by atoms with Crippen LogP contribution in [0.4, 0.5) is 0 Å². The Morgan fingerprint density at radius 1 is 0.396 bits per heavy atom. The number of halogens is 12. The van der Waals surface area contributed by atoms with E-state index in [-0.39, 0.29) is 83.0 Å². The Balaban J connectivity index is 0.00000400. The minimum atomic E-state index is 0. The van der Waals surface area contributed by atoms with Crippen LogP contribution in [-0.2, 0) is 17.1 Å². The van der Waals surface area contributed by atoms with Crippen molar-refractivity contribution in [1.82, 2.24) is 39.9 Å². The first-order chi connectivity index (χ1) is 24.7. The molecule has 0 saturated carbocycles. The summed E-state index contributed by atoms with van der Waals surface area (Å²) in [6.45, 7) is 0. The molecular formula is C32H4Br6Cl6CuN8. The Hall–Kier alpha value is -0.621. The number of benzene rings is 4. The van der Waals surface area contributed by atoms with Crippen LogP contribution in [0.5, 0.6) is 0 Å². The molecule has 1 radical (unpaired) electrons. The number of hydrogen-bond donors (Lipinski definition) is 0. The molecule has 8 nitrogen and oxygen atoms in total. The summed E-state index contributed by atoms with van der Waals surface area (Å²) in [7, 11) is 0. The van der Waals surface area contributed by atoms with E-state index in [1.54, 1.807) is 12.1 Å². The van der Waals surface area contributed by atoms with E-state index in [1.807, 2.05) is 12.1 Å². The Morgan fingerprint density at radius 3 is 1.13 bits per heavy atom. The fourth-order valence-electron chi connectivity index (χ4n) is 5.89. The standard InChI is InChI=1S/C32H4Br6Cl6N8.Cu/c33-9-1-5-13(21(41)17(9)37)29-45-25(5)49-31-15-7(3-11(35)19(39)23(15)43)28(51-31)48-30-14-6(2-10(34)18(38)22(14)42)26(46-30)50-32-16-8(27(47-29)52-32)4-12(36)20(40)24(16)44;/h1-4H;/q-2;+2. The summed E-state index contributed by atoms with van der Waals surface area (Å²) in [6, 6.07) is 7.19. The van der Waals surface area contributed by atoms with Crippen LogP contribution in [0.2, 0.25) is 30.1 Å². The van der Waals surface area contributed by atoms with Crippen molar-refractivity contribution in [2.75, 3.05) is 0 Å². The van der Waals surface area contributed by atoms with Crippen LogP contribution >= 0.6 is 165 Å². The van der Waals surface area contributed by atoms with E-state index in [2.05, 4.69) is 95.6 Å². The Kier molecular flexibility index (Phi) is 10.6. The van der Waals surface area contributed by atoms with Gasteiger partial charge in [-0.3, -0.25) is 0 Å². The third-order valence-electron chi connectivity index (χ3n) is 8.20. The van der Waals surface area contributed by atoms with E-state index >= 15 is 0 Å². The van der Waals surface area contributed by atoms with Crippen molar-refractivity contribution >= 4 is 209 Å². The zero-order chi connectivity index (χ0) is 36.7. The van der Waals surface area contributed by atoms with Crippen molar-refractivity contribution in [3.05, 3.63) is 81.2 Å². The molecule has 9 rings (SSSR count). The van der Waals surface area contributed by atoms with Crippen LogP contribution in [0.1, 0.15) is 0 Å². The zero-order valence-electron chi connectivity index (χ0n) is 24.7. The molecule has 0 fully saturated rings. The summed E-state index contributed by atoms with van der Waals surface area (Å²) in [6.07, 6.45) is 0. The number of aromatic nitrogens is 8. The van der Waals surface area contributed by atoms with Crippen molar-refractivity contribution in [3.8, 4) is 45.6 Å². The topological polar surface area (TPSA) is 106 Å². The fourth-order valence-corrected chi connectivity index (χ4v) is 10.1. The average molecular weight is 1260 g/mol. The number of fused-ring (bicyclic) bond motifs is 20. The molecule has 0 aliphatic carbocycles. The molecule has 8 bridgehead atoms. The molecule has 7 aromatic rings. The fraction of sp³-hybridized carbons (Fsp3) is 0. The molecular weight excluding hydrogens is 1250 g/mol. The zero-order valence-corrected chi connectivity index (χ0v) is 39.7. The number of hydrogen-bond acceptors (Lipinski definition) is 6. The second-order valence-corrected chi connectivity index (χ2v) is 18.4. The summed E-state index contributed by atoms with van der Waals surface area (Å²) < 4.78 is 3.56. The van der Waals surface area contributed by atoms with Gasteiger partial charge in [0.15, 0.2) is 0 Å². The molecule has 3 aromatic heterocycles. The van der Waals surface area contributed by atoms with Crippen molar-refractivity contribution < 1.29 is 17.1 Å². The van der Waals surface area contributed by atoms with E-state index < -0.39 is 0 Å². The van der Waals surface area contributed by atoms with Crippen LogP contribution in [0.3, 0.4) is 0 Å². The van der Waals surface area contributed by atoms with Crippen molar-refractivity contribution in [2.45, 2.75) is 0 Å². The SMILES string of the molecule is Clc1c(Br)cc2c(c1Cl)-c1nc-2nc2[n-]c(nc3nc(nc4[n-]c(n1)c1cc(Br)c(Br)c(Cl)c41)-c1cc(Br)c(Cl)c(Cl)c1-3)c1cc(Br)c(Br)c(Cl)c21.[Cu+2]. The molecule has 0 N–H and O–H groups in total. The summed E-state index contributed by atoms with van der Waals surface area (Å²) in [5, 5.41) is 3.77. The van der Waals surface area contributed by atoms with E-state index in [0.29, 0.717) is 80.7 Å². The summed E-state index contributed by atoms with van der Waals surface area (Å²) >= 11 is 62.4. The van der Waals surface area contributed by atoms with E-state index in [0.717, 1.165) is 0 Å². The first-order valence-electron chi connectivity index (χ1n) is 14.2. The van der Waals surface area contributed by atoms with Gasteiger partial charge in [0, 0.05) is 73.5 Å². The van der Waals surface area contributed by atoms with Crippen LogP contribution in [0.15, 0.2) is 51.1 Å². The van der Waals surface area contributed by atoms with Gasteiger partial charge in [-0.2, -0.15) is 0 Å². The van der Waals surface area contributed by atoms with Crippen molar-refractivity contribution in [2.24, 2.45) is 0 Å². The van der Waals surface area contributed by atoms with Gasteiger partial charge < -0.3 is 29.9 Å². The van der Waals surface area contributed by atoms with Gasteiger partial charge >= 0.3 is 17.1 Å². The van der Waals surface area contributed by atoms with Gasteiger partial charge in [-0.25, -0.2) is 9.97 Å². The van der Waals surface area contributed by atoms with Crippen LogP contribution in [0, 0.1) is 0 Å². The molecule has 0 unspecified atom stereocenters. The largest absolute Gasteiger partial charge is 2.00 e. The van der Waals surface area contributed by atoms with Crippen LogP contribution in [0.25, 0.3) is 89.7 Å². The van der Waals surface area contributed by atoms with Gasteiger partial charge in [-0.1, -0.05) is 69.6 Å². The molecule has 0 saturated heterocycles. The van der Waals surface area contributed by atoms with Crippen molar-refractivity contribution in [1.29, 1.82) is 0 Å². The Bertz CT molecular complexity index is 2830. The molecule has 2 aliphatic heterocycles. The molecule has 0 amide bonds. The molecule has 267 valence electrons. The number of rotatable bonds is 0. The predicted octanol–water partition coefficient (Wildman–Crippen LogP) is 14.6. The molecule has 21 heteroatoms. The average Bonchev–Trinajstić information content (AvgIpc) is 3.82. The second-order valence-electron chi connectivity index (χ2n) is 11.1. The Labute approximate surface area is 388 Å². The van der Waals surface area contributed by atoms with Gasteiger partial charge in [0.25, 0.3) is 0 Å². The third kappa shape index (κ3) is 6.09. The first-order valence-corrected chi connectivity index (χ1v) is 21.2. The van der Waals surface area contributed by atoms with E-state index in [9.17, 15) is 0 Å². The van der Waals surface area contributed by atoms with Gasteiger partial charge in [-0.05, 0) is 131 Å². The second kappa shape index (κ2) is 14.3. The van der Waals surface area contributed by atoms with Gasteiger partial charge in [0.05, 0.1) is 62.4 Å². The van der Waals surface area contributed by atoms with Gasteiger partial charge in [0.2, 0.25) is 0 Å². The minimum Gasteiger partial charge on any atom is -0.357 e. The normalized spacial score (nSPS) is 12.0. The molecule has 0 spiro atoms. The van der Waals surface area contributed by atoms with Crippen molar-refractivity contribution in [3.63, 3.8) is 0 Å². The maximum absolute atomic E-state index is 6.97. The minimum absolute atomic E-state index is 0. The third-order valence-corrected chi connectivity index (χ3v) is 16.8. The molecule has 2 aliphatic rings. The summed E-state index contributed by atoms with van der Waals surface area (Å²) in [4.78, 5) is 39.2. The monoisotopic (exact) mass is 1250 g/mol. The molecule has 5 heterocycles. The van der Waals surface area contributed by atoms with Crippen LogP contribution < -0.4 is 9.97 Å². The first kappa shape index (κ1) is 39.2. The van der Waals surface area contributed by atoms with Gasteiger partial charge in [0.1, 0.15) is 0 Å². The molecule has 0 atom stereocenters. The summed E-state index contributed by atoms with van der Waals surface area (Å²) in [5.41, 5.74) is 2.89. The quantitative estimate of drug-likeness (QED) is 0.109. The maximum atomic E-state index is 6.97. The van der Waals surface area contributed by atoms with E-state index in [1.165, 1.54) is 0 Å². The van der Waals surface area contributed by atoms with Crippen LogP contribution in [-0.4, -0.2) is 29.9 Å². The summed E-state index contributed by atoms with van der Waals surface area (Å²) in [5.74, 6) is 0.869. The molecule has 4 aromatic carbocycles. The molecule has 53 heavy (non-hydrogen) atoms. The van der Waals surface area contributed by atoms with E-state index in [4.69, 9.17) is 109 Å². The van der Waals surface area contributed by atoms with Gasteiger partial charge in [-0.15, -0.1) is 0 Å². The number of nitrogens with zero attached hydrogens (tertiary/aromatic N) is 8. The smallest absolute Gasteiger partial charge is 0.357 e.